The average Bonchev–Trinajstić information content (AvgIpc) is 2.44. The number of rotatable bonds is 2. The topological polar surface area (TPSA) is 44.5 Å². The van der Waals surface area contributed by atoms with Crippen LogP contribution >= 0.6 is 0 Å². The summed E-state index contributed by atoms with van der Waals surface area (Å²) in [6, 6.07) is 12.0. The lowest BCUT2D eigenvalue weighted by molar-refractivity contribution is 0.0262. The summed E-state index contributed by atoms with van der Waals surface area (Å²) in [6.45, 7) is 1.58. The molecule has 0 atom stereocenters. The van der Waals surface area contributed by atoms with Gasteiger partial charge in [0.25, 0.3) is 0 Å². The van der Waals surface area contributed by atoms with Gasteiger partial charge in [-0.15, -0.1) is 0 Å². The van der Waals surface area contributed by atoms with E-state index in [1.165, 1.54) is 0 Å². The van der Waals surface area contributed by atoms with Crippen molar-refractivity contribution in [3.05, 3.63) is 36.4 Å². The summed E-state index contributed by atoms with van der Waals surface area (Å²) < 4.78 is 11.4. The molecule has 0 spiro atoms. The summed E-state index contributed by atoms with van der Waals surface area (Å²) in [7, 11) is 0. The van der Waals surface area contributed by atoms with Gasteiger partial charge in [-0.2, -0.15) is 0 Å². The Morgan fingerprint density at radius 1 is 1.00 bits per heavy atom. The van der Waals surface area contributed by atoms with E-state index >= 15 is 0 Å². The highest BCUT2D eigenvalue weighted by Gasteiger charge is 2.16. The van der Waals surface area contributed by atoms with Crippen molar-refractivity contribution in [1.82, 2.24) is 0 Å². The fourth-order valence-electron chi connectivity index (χ4n) is 2.37. The molecule has 18 heavy (non-hydrogen) atoms. The minimum Gasteiger partial charge on any atom is -0.490 e. The van der Waals surface area contributed by atoms with Crippen LogP contribution in [0.2, 0.25) is 0 Å². The highest BCUT2D eigenvalue weighted by Crippen LogP contribution is 2.31. The van der Waals surface area contributed by atoms with E-state index < -0.39 is 0 Å². The first-order valence-corrected chi connectivity index (χ1v) is 6.36. The van der Waals surface area contributed by atoms with Gasteiger partial charge in [-0.05, 0) is 12.1 Å². The number of nitrogens with two attached hydrogens (primary N) is 1. The minimum absolute atomic E-state index is 0.255. The van der Waals surface area contributed by atoms with Crippen LogP contribution in [0.25, 0.3) is 10.8 Å². The predicted molar refractivity (Wildman–Crippen MR) is 72.8 cm³/mol. The zero-order valence-electron chi connectivity index (χ0n) is 10.3. The first-order chi connectivity index (χ1) is 8.84. The van der Waals surface area contributed by atoms with Gasteiger partial charge in [0, 0.05) is 29.3 Å². The van der Waals surface area contributed by atoms with E-state index in [1.54, 1.807) is 0 Å². The molecule has 0 saturated carbocycles. The van der Waals surface area contributed by atoms with Crippen molar-refractivity contribution < 1.29 is 9.47 Å². The highest BCUT2D eigenvalue weighted by atomic mass is 16.5. The Balaban J connectivity index is 1.94. The van der Waals surface area contributed by atoms with Crippen LogP contribution in [0.4, 0.5) is 5.69 Å². The summed E-state index contributed by atoms with van der Waals surface area (Å²) in [5.41, 5.74) is 6.78. The van der Waals surface area contributed by atoms with Gasteiger partial charge in [0.1, 0.15) is 11.9 Å². The number of hydrogen-bond acceptors (Lipinski definition) is 3. The third-order valence-corrected chi connectivity index (χ3v) is 3.38. The number of ether oxygens (including phenoxy) is 2. The normalized spacial score (nSPS) is 16.9. The van der Waals surface area contributed by atoms with Gasteiger partial charge < -0.3 is 15.2 Å². The summed E-state index contributed by atoms with van der Waals surface area (Å²) >= 11 is 0. The largest absolute Gasteiger partial charge is 0.490 e. The molecule has 0 bridgehead atoms. The Hall–Kier alpha value is -1.74. The fraction of sp³-hybridized carbons (Fsp3) is 0.333. The predicted octanol–water partition coefficient (Wildman–Crippen LogP) is 2.98. The lowest BCUT2D eigenvalue weighted by Crippen LogP contribution is -2.25. The van der Waals surface area contributed by atoms with Crippen LogP contribution in [0.3, 0.4) is 0 Å². The van der Waals surface area contributed by atoms with Crippen LogP contribution in [-0.4, -0.2) is 19.3 Å². The number of anilines is 1. The summed E-state index contributed by atoms with van der Waals surface area (Å²) in [4.78, 5) is 0. The van der Waals surface area contributed by atoms with E-state index in [0.29, 0.717) is 0 Å². The van der Waals surface area contributed by atoms with Crippen molar-refractivity contribution in [2.24, 2.45) is 0 Å². The zero-order chi connectivity index (χ0) is 12.4. The molecule has 3 heteroatoms. The third kappa shape index (κ3) is 2.14. The molecule has 94 valence electrons. The summed E-state index contributed by atoms with van der Waals surface area (Å²) in [6.07, 6.45) is 2.17. The van der Waals surface area contributed by atoms with Crippen LogP contribution < -0.4 is 10.5 Å². The molecule has 1 saturated heterocycles. The van der Waals surface area contributed by atoms with Crippen LogP contribution in [0.15, 0.2) is 36.4 Å². The minimum atomic E-state index is 0.255. The maximum atomic E-state index is 6.09. The Labute approximate surface area is 106 Å². The van der Waals surface area contributed by atoms with E-state index in [9.17, 15) is 0 Å². The van der Waals surface area contributed by atoms with Gasteiger partial charge in [-0.1, -0.05) is 24.3 Å². The van der Waals surface area contributed by atoms with Crippen molar-refractivity contribution in [2.45, 2.75) is 18.9 Å². The smallest absolute Gasteiger partial charge is 0.127 e. The molecule has 0 radical (unpaired) electrons. The van der Waals surface area contributed by atoms with Gasteiger partial charge in [0.05, 0.1) is 13.2 Å². The van der Waals surface area contributed by atoms with Crippen LogP contribution in [0.5, 0.6) is 5.75 Å². The summed E-state index contributed by atoms with van der Waals surface area (Å²) in [5.74, 6) is 0.923. The van der Waals surface area contributed by atoms with Crippen molar-refractivity contribution in [3.63, 3.8) is 0 Å². The van der Waals surface area contributed by atoms with Crippen molar-refractivity contribution in [1.29, 1.82) is 0 Å². The van der Waals surface area contributed by atoms with Gasteiger partial charge >= 0.3 is 0 Å². The van der Waals surface area contributed by atoms with Gasteiger partial charge in [-0.3, -0.25) is 0 Å². The number of hydrogen-bond donors (Lipinski definition) is 1. The molecule has 1 heterocycles. The second-order valence-corrected chi connectivity index (χ2v) is 4.63. The van der Waals surface area contributed by atoms with Crippen molar-refractivity contribution >= 4 is 16.5 Å². The molecule has 2 aromatic rings. The lowest BCUT2D eigenvalue weighted by Gasteiger charge is -2.24. The zero-order valence-corrected chi connectivity index (χ0v) is 10.3. The van der Waals surface area contributed by atoms with E-state index in [-0.39, 0.29) is 6.10 Å². The molecule has 1 aliphatic rings. The molecule has 3 nitrogen and oxygen atoms in total. The van der Waals surface area contributed by atoms with Crippen molar-refractivity contribution in [3.8, 4) is 5.75 Å². The molecule has 0 unspecified atom stereocenters. The van der Waals surface area contributed by atoms with Gasteiger partial charge in [-0.25, -0.2) is 0 Å². The Morgan fingerprint density at radius 2 is 1.72 bits per heavy atom. The third-order valence-electron chi connectivity index (χ3n) is 3.38. The SMILES string of the molecule is Nc1ccc(OC2CCOCC2)c2ccccc12. The molecule has 3 rings (SSSR count). The van der Waals surface area contributed by atoms with Gasteiger partial charge in [0.15, 0.2) is 0 Å². The molecule has 1 aliphatic heterocycles. The monoisotopic (exact) mass is 243 g/mol. The van der Waals surface area contributed by atoms with E-state index in [0.717, 1.165) is 48.3 Å². The van der Waals surface area contributed by atoms with Crippen LogP contribution in [-0.2, 0) is 4.74 Å². The first-order valence-electron chi connectivity index (χ1n) is 6.36. The standard InChI is InChI=1S/C15H17NO2/c16-14-5-6-15(13-4-2-1-3-12(13)14)18-11-7-9-17-10-8-11/h1-6,11H,7-10,16H2. The Bertz CT molecular complexity index is 547. The molecule has 1 fully saturated rings. The van der Waals surface area contributed by atoms with Gasteiger partial charge in [0.2, 0.25) is 0 Å². The molecule has 2 N–H and O–H groups in total. The van der Waals surface area contributed by atoms with Crippen LogP contribution in [0, 0.1) is 0 Å². The van der Waals surface area contributed by atoms with E-state index in [2.05, 4.69) is 6.07 Å². The van der Waals surface area contributed by atoms with E-state index in [4.69, 9.17) is 15.2 Å². The first kappa shape index (κ1) is 11.4. The molecule has 2 aromatic carbocycles. The number of fused-ring (bicyclic) bond motifs is 1. The number of nitrogen functional groups attached to an aromatic ring is 1. The maximum Gasteiger partial charge on any atom is 0.127 e. The second-order valence-electron chi connectivity index (χ2n) is 4.63. The lowest BCUT2D eigenvalue weighted by atomic mass is 10.1. The Morgan fingerprint density at radius 3 is 2.50 bits per heavy atom. The quantitative estimate of drug-likeness (QED) is 0.825. The number of benzene rings is 2. The highest BCUT2D eigenvalue weighted by molar-refractivity contribution is 5.96. The average molecular weight is 243 g/mol. The maximum absolute atomic E-state index is 6.09. The second kappa shape index (κ2) is 4.86. The molecular weight excluding hydrogens is 226 g/mol. The molecule has 0 aliphatic carbocycles. The molecule has 0 aromatic heterocycles. The van der Waals surface area contributed by atoms with E-state index in [1.807, 2.05) is 30.3 Å². The fourth-order valence-corrected chi connectivity index (χ4v) is 2.37. The van der Waals surface area contributed by atoms with Crippen LogP contribution in [0.1, 0.15) is 12.8 Å². The Kier molecular flexibility index (Phi) is 3.07. The summed E-state index contributed by atoms with van der Waals surface area (Å²) in [5, 5.41) is 2.14. The molecule has 0 amide bonds. The van der Waals surface area contributed by atoms with Crippen molar-refractivity contribution in [2.75, 3.05) is 18.9 Å². The molecular formula is C15H17NO2.